The van der Waals surface area contributed by atoms with Crippen molar-refractivity contribution in [3.63, 3.8) is 0 Å². The summed E-state index contributed by atoms with van der Waals surface area (Å²) in [5.74, 6) is 1.50. The summed E-state index contributed by atoms with van der Waals surface area (Å²) in [6, 6.07) is 12.6. The molecule has 1 atom stereocenters. The van der Waals surface area contributed by atoms with E-state index in [2.05, 4.69) is 43.4 Å². The van der Waals surface area contributed by atoms with Crippen LogP contribution >= 0.6 is 0 Å². The lowest BCUT2D eigenvalue weighted by Gasteiger charge is -2.09. The first-order chi connectivity index (χ1) is 11.1. The van der Waals surface area contributed by atoms with E-state index in [-0.39, 0.29) is 11.9 Å². The summed E-state index contributed by atoms with van der Waals surface area (Å²) < 4.78 is 5.33. The van der Waals surface area contributed by atoms with Gasteiger partial charge in [-0.15, -0.1) is 0 Å². The van der Waals surface area contributed by atoms with Gasteiger partial charge < -0.3 is 15.1 Å². The zero-order chi connectivity index (χ0) is 16.7. The van der Waals surface area contributed by atoms with Crippen LogP contribution in [0.1, 0.15) is 49.6 Å². The molecule has 0 aliphatic carbocycles. The predicted octanol–water partition coefficient (Wildman–Crippen LogP) is 2.39. The fraction of sp³-hybridized carbons (Fsp3) is 0.421. The van der Waals surface area contributed by atoms with Crippen molar-refractivity contribution in [3.8, 4) is 0 Å². The second-order valence-electron chi connectivity index (χ2n) is 6.24. The van der Waals surface area contributed by atoms with Crippen LogP contribution in [0.25, 0.3) is 0 Å². The molecule has 1 heterocycles. The van der Waals surface area contributed by atoms with Gasteiger partial charge in [-0.25, -0.2) is 0 Å². The molecular weight excluding hydrogens is 288 g/mol. The third kappa shape index (κ3) is 5.57. The summed E-state index contributed by atoms with van der Waals surface area (Å²) >= 11 is 0. The van der Waals surface area contributed by atoms with Crippen molar-refractivity contribution in [2.24, 2.45) is 0 Å². The van der Waals surface area contributed by atoms with E-state index in [1.807, 2.05) is 24.4 Å². The molecule has 0 saturated heterocycles. The molecule has 1 aromatic carbocycles. The highest BCUT2D eigenvalue weighted by molar-refractivity contribution is 5.76. The number of furan rings is 1. The summed E-state index contributed by atoms with van der Waals surface area (Å²) in [6.07, 6.45) is 2.52. The molecule has 124 valence electrons. The molecule has 0 aliphatic heterocycles. The molecule has 0 saturated carbocycles. The number of carbonyl (C=O) groups excluding carboxylic acids is 1. The van der Waals surface area contributed by atoms with Crippen LogP contribution < -0.4 is 10.6 Å². The van der Waals surface area contributed by atoms with Crippen molar-refractivity contribution >= 4 is 5.91 Å². The van der Waals surface area contributed by atoms with Gasteiger partial charge in [-0.05, 0) is 42.5 Å². The molecular formula is C19H27N2O2+. The zero-order valence-corrected chi connectivity index (χ0v) is 14.2. The molecule has 4 nitrogen and oxygen atoms in total. The highest BCUT2D eigenvalue weighted by Crippen LogP contribution is 2.14. The van der Waals surface area contributed by atoms with Crippen molar-refractivity contribution in [3.05, 3.63) is 59.5 Å². The van der Waals surface area contributed by atoms with Crippen LogP contribution in [0.5, 0.6) is 0 Å². The fourth-order valence-electron chi connectivity index (χ4n) is 2.44. The van der Waals surface area contributed by atoms with E-state index in [1.54, 1.807) is 6.26 Å². The van der Waals surface area contributed by atoms with E-state index in [4.69, 9.17) is 4.42 Å². The van der Waals surface area contributed by atoms with Gasteiger partial charge >= 0.3 is 0 Å². The first-order valence-electron chi connectivity index (χ1n) is 8.28. The Balaban J connectivity index is 1.66. The van der Waals surface area contributed by atoms with E-state index in [1.165, 1.54) is 11.1 Å². The number of benzene rings is 1. The lowest BCUT2D eigenvalue weighted by Crippen LogP contribution is -2.87. The van der Waals surface area contributed by atoms with Crippen LogP contribution in [-0.4, -0.2) is 19.0 Å². The van der Waals surface area contributed by atoms with Gasteiger partial charge in [-0.1, -0.05) is 38.1 Å². The molecule has 0 aliphatic rings. The van der Waals surface area contributed by atoms with Gasteiger partial charge in [0.1, 0.15) is 6.04 Å². The lowest BCUT2D eigenvalue weighted by atomic mass is 10.0. The van der Waals surface area contributed by atoms with Gasteiger partial charge in [-0.2, -0.15) is 0 Å². The molecule has 0 radical (unpaired) electrons. The molecule has 0 bridgehead atoms. The second-order valence-corrected chi connectivity index (χ2v) is 6.24. The molecule has 4 heteroatoms. The van der Waals surface area contributed by atoms with E-state index >= 15 is 0 Å². The molecule has 23 heavy (non-hydrogen) atoms. The van der Waals surface area contributed by atoms with Gasteiger partial charge in [0, 0.05) is 6.54 Å². The minimum Gasteiger partial charge on any atom is -0.463 e. The number of quaternary nitrogens is 1. The summed E-state index contributed by atoms with van der Waals surface area (Å²) in [5.41, 5.74) is 2.60. The summed E-state index contributed by atoms with van der Waals surface area (Å²) in [6.45, 7) is 7.49. The van der Waals surface area contributed by atoms with Gasteiger partial charge in [-0.3, -0.25) is 4.79 Å². The SMILES string of the molecule is CC(C)c1ccc(CCNC(=O)C[NH2+][C@@H](C)c2ccco2)cc1. The average molecular weight is 315 g/mol. The average Bonchev–Trinajstić information content (AvgIpc) is 3.07. The van der Waals surface area contributed by atoms with Crippen LogP contribution in [0.3, 0.4) is 0 Å². The first kappa shape index (κ1) is 17.3. The maximum absolute atomic E-state index is 11.9. The van der Waals surface area contributed by atoms with Crippen LogP contribution in [-0.2, 0) is 11.2 Å². The van der Waals surface area contributed by atoms with E-state index < -0.39 is 0 Å². The van der Waals surface area contributed by atoms with Crippen molar-refractivity contribution < 1.29 is 14.5 Å². The monoisotopic (exact) mass is 315 g/mol. The summed E-state index contributed by atoms with van der Waals surface area (Å²) in [7, 11) is 0. The van der Waals surface area contributed by atoms with E-state index in [9.17, 15) is 4.79 Å². The third-order valence-corrected chi connectivity index (χ3v) is 4.03. The van der Waals surface area contributed by atoms with Crippen molar-refractivity contribution in [2.45, 2.75) is 39.2 Å². The first-order valence-corrected chi connectivity index (χ1v) is 8.28. The van der Waals surface area contributed by atoms with Gasteiger partial charge in [0.2, 0.25) is 0 Å². The molecule has 0 unspecified atom stereocenters. The highest BCUT2D eigenvalue weighted by atomic mass is 16.3. The third-order valence-electron chi connectivity index (χ3n) is 4.03. The largest absolute Gasteiger partial charge is 0.463 e. The summed E-state index contributed by atoms with van der Waals surface area (Å²) in [4.78, 5) is 11.9. The van der Waals surface area contributed by atoms with Gasteiger partial charge in [0.15, 0.2) is 12.3 Å². The molecule has 2 rings (SSSR count). The zero-order valence-electron chi connectivity index (χ0n) is 14.2. The lowest BCUT2D eigenvalue weighted by molar-refractivity contribution is -0.684. The molecule has 0 fully saturated rings. The smallest absolute Gasteiger partial charge is 0.275 e. The molecule has 1 aromatic heterocycles. The van der Waals surface area contributed by atoms with Crippen molar-refractivity contribution in [1.29, 1.82) is 0 Å². The maximum atomic E-state index is 11.9. The standard InChI is InChI=1S/C19H26N2O2/c1-14(2)17-8-6-16(7-9-17)10-11-20-19(22)13-21-15(3)18-5-4-12-23-18/h4-9,12,14-15,21H,10-11,13H2,1-3H3,(H,20,22)/p+1/t15-/m0/s1. The Labute approximate surface area is 138 Å². The number of nitrogens with one attached hydrogen (secondary N) is 1. The number of nitrogens with two attached hydrogens (primary N) is 1. The van der Waals surface area contributed by atoms with Crippen molar-refractivity contribution in [2.75, 3.05) is 13.1 Å². The Morgan fingerprint density at radius 3 is 2.52 bits per heavy atom. The van der Waals surface area contributed by atoms with Gasteiger partial charge in [0.25, 0.3) is 5.91 Å². The van der Waals surface area contributed by atoms with E-state index in [0.717, 1.165) is 12.2 Å². The van der Waals surface area contributed by atoms with Crippen LogP contribution in [0.15, 0.2) is 47.1 Å². The Kier molecular flexibility index (Phi) is 6.41. The summed E-state index contributed by atoms with van der Waals surface area (Å²) in [5, 5.41) is 4.95. The molecule has 2 aromatic rings. The van der Waals surface area contributed by atoms with Gasteiger partial charge in [0.05, 0.1) is 6.26 Å². The number of rotatable bonds is 8. The fourth-order valence-corrected chi connectivity index (χ4v) is 2.44. The number of amides is 1. The second kappa shape index (κ2) is 8.53. The molecule has 3 N–H and O–H groups in total. The maximum Gasteiger partial charge on any atom is 0.275 e. The van der Waals surface area contributed by atoms with Crippen LogP contribution in [0, 0.1) is 0 Å². The van der Waals surface area contributed by atoms with Crippen LogP contribution in [0.4, 0.5) is 0 Å². The molecule has 1 amide bonds. The molecule has 0 spiro atoms. The Morgan fingerprint density at radius 1 is 1.17 bits per heavy atom. The Hall–Kier alpha value is -2.07. The quantitative estimate of drug-likeness (QED) is 0.786. The van der Waals surface area contributed by atoms with Crippen LogP contribution in [0.2, 0.25) is 0 Å². The Morgan fingerprint density at radius 2 is 1.91 bits per heavy atom. The number of hydrogen-bond acceptors (Lipinski definition) is 2. The normalized spacial score (nSPS) is 12.3. The number of hydrogen-bond donors (Lipinski definition) is 2. The number of carbonyl (C=O) groups is 1. The predicted molar refractivity (Wildman–Crippen MR) is 91.2 cm³/mol. The Bertz CT molecular complexity index is 588. The minimum absolute atomic E-state index is 0.0576. The highest BCUT2D eigenvalue weighted by Gasteiger charge is 2.13. The van der Waals surface area contributed by atoms with E-state index in [0.29, 0.717) is 19.0 Å². The van der Waals surface area contributed by atoms with Crippen molar-refractivity contribution in [1.82, 2.24) is 5.32 Å². The minimum atomic E-state index is 0.0576. The topological polar surface area (TPSA) is 58.9 Å².